The molecule has 1 aliphatic heterocycles. The molecule has 1 saturated heterocycles. The molecule has 2 aromatic carbocycles. The number of hydrogen-bond acceptors (Lipinski definition) is 4. The van der Waals surface area contributed by atoms with Crippen LogP contribution in [0.1, 0.15) is 12.8 Å². The van der Waals surface area contributed by atoms with Crippen LogP contribution in [-0.4, -0.2) is 29.1 Å². The van der Waals surface area contributed by atoms with E-state index in [1.807, 2.05) is 12.3 Å². The third-order valence-corrected chi connectivity index (χ3v) is 5.94. The van der Waals surface area contributed by atoms with Gasteiger partial charge in [0.15, 0.2) is 0 Å². The number of hydrogen-bond donors (Lipinski definition) is 1. The van der Waals surface area contributed by atoms with Crippen LogP contribution in [0, 0.1) is 11.8 Å². The van der Waals surface area contributed by atoms with Crippen molar-refractivity contribution in [1.82, 2.24) is 9.97 Å². The molecule has 1 saturated carbocycles. The van der Waals surface area contributed by atoms with Crippen molar-refractivity contribution in [1.29, 1.82) is 0 Å². The first-order valence-electron chi connectivity index (χ1n) is 9.11. The van der Waals surface area contributed by atoms with Gasteiger partial charge < -0.3 is 10.6 Å². The van der Waals surface area contributed by atoms with Crippen molar-refractivity contribution < 1.29 is 0 Å². The Kier molecular flexibility index (Phi) is 3.45. The number of piperidine rings is 1. The van der Waals surface area contributed by atoms with Crippen LogP contribution in [0.15, 0.2) is 54.7 Å². The van der Waals surface area contributed by atoms with E-state index in [2.05, 4.69) is 52.3 Å². The third kappa shape index (κ3) is 2.48. The first-order chi connectivity index (χ1) is 12.3. The minimum absolute atomic E-state index is 0.561. The van der Waals surface area contributed by atoms with Gasteiger partial charge in [0.05, 0.1) is 5.69 Å². The Hall–Kier alpha value is -2.46. The van der Waals surface area contributed by atoms with E-state index >= 15 is 0 Å². The van der Waals surface area contributed by atoms with Crippen LogP contribution in [0.2, 0.25) is 0 Å². The molecule has 4 nitrogen and oxygen atoms in total. The molecule has 0 radical (unpaired) electrons. The van der Waals surface area contributed by atoms with Gasteiger partial charge >= 0.3 is 0 Å². The number of nitrogens with zero attached hydrogens (tertiary/aromatic N) is 3. The fourth-order valence-corrected chi connectivity index (χ4v) is 4.59. The number of anilines is 1. The van der Waals surface area contributed by atoms with E-state index < -0.39 is 0 Å². The molecule has 1 aliphatic carbocycles. The molecule has 5 rings (SSSR count). The molecular formula is C21H22N4. The van der Waals surface area contributed by atoms with Gasteiger partial charge in [0, 0.05) is 24.3 Å². The lowest BCUT2D eigenvalue weighted by Crippen LogP contribution is -2.38. The zero-order valence-corrected chi connectivity index (χ0v) is 14.2. The van der Waals surface area contributed by atoms with Crippen LogP contribution in [0.5, 0.6) is 0 Å². The summed E-state index contributed by atoms with van der Waals surface area (Å²) in [5.74, 6) is 2.27. The number of aromatic nitrogens is 2. The zero-order chi connectivity index (χ0) is 16.8. The highest BCUT2D eigenvalue weighted by molar-refractivity contribution is 5.86. The van der Waals surface area contributed by atoms with Crippen molar-refractivity contribution in [2.45, 2.75) is 18.9 Å². The number of rotatable bonds is 3. The van der Waals surface area contributed by atoms with Crippen molar-refractivity contribution in [3.8, 4) is 11.3 Å². The fourth-order valence-electron chi connectivity index (χ4n) is 4.59. The molecule has 2 fully saturated rings. The van der Waals surface area contributed by atoms with Gasteiger partial charge in [0.2, 0.25) is 5.95 Å². The lowest BCUT2D eigenvalue weighted by Gasteiger charge is -2.31. The van der Waals surface area contributed by atoms with E-state index in [1.165, 1.54) is 23.6 Å². The molecule has 25 heavy (non-hydrogen) atoms. The topological polar surface area (TPSA) is 55.0 Å². The van der Waals surface area contributed by atoms with Crippen molar-refractivity contribution in [2.75, 3.05) is 18.0 Å². The van der Waals surface area contributed by atoms with Crippen LogP contribution < -0.4 is 10.6 Å². The smallest absolute Gasteiger partial charge is 0.226 e. The van der Waals surface area contributed by atoms with E-state index in [0.29, 0.717) is 17.9 Å². The zero-order valence-electron chi connectivity index (χ0n) is 14.2. The molecule has 0 amide bonds. The van der Waals surface area contributed by atoms with Crippen LogP contribution in [-0.2, 0) is 0 Å². The van der Waals surface area contributed by atoms with Crippen LogP contribution >= 0.6 is 0 Å². The summed E-state index contributed by atoms with van der Waals surface area (Å²) < 4.78 is 0. The maximum atomic E-state index is 5.90. The molecule has 0 spiro atoms. The van der Waals surface area contributed by atoms with E-state index in [-0.39, 0.29) is 0 Å². The molecule has 1 aromatic heterocycles. The van der Waals surface area contributed by atoms with Crippen LogP contribution in [0.25, 0.3) is 22.0 Å². The van der Waals surface area contributed by atoms with Crippen molar-refractivity contribution in [3.63, 3.8) is 0 Å². The van der Waals surface area contributed by atoms with Crippen molar-refractivity contribution >= 4 is 16.7 Å². The SMILES string of the molecule is NC[C@H]1C[C@H]2C[C@@H]1CN2c1nccc(-c2ccc3ccccc3c2)n1. The number of nitrogens with two attached hydrogens (primary N) is 1. The highest BCUT2D eigenvalue weighted by Crippen LogP contribution is 2.42. The van der Waals surface area contributed by atoms with Gasteiger partial charge in [-0.15, -0.1) is 0 Å². The Morgan fingerprint density at radius 3 is 2.72 bits per heavy atom. The van der Waals surface area contributed by atoms with Gasteiger partial charge in [0.25, 0.3) is 0 Å². The summed E-state index contributed by atoms with van der Waals surface area (Å²) in [7, 11) is 0. The summed E-state index contributed by atoms with van der Waals surface area (Å²) >= 11 is 0. The summed E-state index contributed by atoms with van der Waals surface area (Å²) in [4.78, 5) is 11.8. The largest absolute Gasteiger partial charge is 0.338 e. The second-order valence-corrected chi connectivity index (χ2v) is 7.34. The maximum absolute atomic E-state index is 5.90. The van der Waals surface area contributed by atoms with Crippen LogP contribution in [0.4, 0.5) is 5.95 Å². The molecule has 126 valence electrons. The predicted octanol–water partition coefficient (Wildman–Crippen LogP) is 3.47. The Labute approximate surface area is 147 Å². The van der Waals surface area contributed by atoms with Gasteiger partial charge in [-0.05, 0) is 54.1 Å². The Balaban J connectivity index is 1.47. The lowest BCUT2D eigenvalue weighted by molar-refractivity contribution is 0.381. The highest BCUT2D eigenvalue weighted by atomic mass is 15.3. The fraction of sp³-hybridized carbons (Fsp3) is 0.333. The molecule has 2 bridgehead atoms. The average Bonchev–Trinajstić information content (AvgIpc) is 3.28. The summed E-state index contributed by atoms with van der Waals surface area (Å²) in [6, 6.07) is 17.5. The first-order valence-corrected chi connectivity index (χ1v) is 9.11. The molecule has 2 N–H and O–H groups in total. The van der Waals surface area contributed by atoms with Gasteiger partial charge in [-0.2, -0.15) is 0 Å². The average molecular weight is 330 g/mol. The monoisotopic (exact) mass is 330 g/mol. The number of fused-ring (bicyclic) bond motifs is 3. The molecule has 2 heterocycles. The third-order valence-electron chi connectivity index (χ3n) is 5.94. The second kappa shape index (κ2) is 5.81. The highest BCUT2D eigenvalue weighted by Gasteiger charge is 2.44. The van der Waals surface area contributed by atoms with Gasteiger partial charge in [-0.3, -0.25) is 0 Å². The molecular weight excluding hydrogens is 308 g/mol. The van der Waals surface area contributed by atoms with Gasteiger partial charge in [-0.1, -0.05) is 36.4 Å². The van der Waals surface area contributed by atoms with Crippen molar-refractivity contribution in [3.05, 3.63) is 54.7 Å². The normalized spacial score (nSPS) is 25.0. The first kappa shape index (κ1) is 14.8. The summed E-state index contributed by atoms with van der Waals surface area (Å²) in [5.41, 5.74) is 8.04. The lowest BCUT2D eigenvalue weighted by atomic mass is 9.95. The molecule has 3 aromatic rings. The van der Waals surface area contributed by atoms with Crippen LogP contribution in [0.3, 0.4) is 0 Å². The second-order valence-electron chi connectivity index (χ2n) is 7.34. The molecule has 2 aliphatic rings. The Morgan fingerprint density at radius 2 is 1.92 bits per heavy atom. The maximum Gasteiger partial charge on any atom is 0.226 e. The summed E-state index contributed by atoms with van der Waals surface area (Å²) in [5, 5.41) is 2.50. The standard InChI is InChI=1S/C21H22N4/c22-12-17-10-19-11-18(17)13-25(19)21-23-8-7-20(24-21)16-6-5-14-3-1-2-4-15(14)9-16/h1-9,17-19H,10-13,22H2/t17-,18-,19+/m1/s1. The van der Waals surface area contributed by atoms with E-state index in [9.17, 15) is 0 Å². The van der Waals surface area contributed by atoms with E-state index in [4.69, 9.17) is 10.7 Å². The quantitative estimate of drug-likeness (QED) is 0.799. The Morgan fingerprint density at radius 1 is 1.04 bits per heavy atom. The predicted molar refractivity (Wildman–Crippen MR) is 101 cm³/mol. The van der Waals surface area contributed by atoms with Crippen molar-refractivity contribution in [2.24, 2.45) is 17.6 Å². The van der Waals surface area contributed by atoms with E-state index in [0.717, 1.165) is 30.3 Å². The van der Waals surface area contributed by atoms with E-state index in [1.54, 1.807) is 0 Å². The minimum Gasteiger partial charge on any atom is -0.338 e. The summed E-state index contributed by atoms with van der Waals surface area (Å²) in [6.45, 7) is 1.86. The molecule has 4 heteroatoms. The molecule has 3 atom stereocenters. The number of benzene rings is 2. The Bertz CT molecular complexity index is 922. The van der Waals surface area contributed by atoms with Gasteiger partial charge in [0.1, 0.15) is 0 Å². The summed E-state index contributed by atoms with van der Waals surface area (Å²) in [6.07, 6.45) is 4.31. The van der Waals surface area contributed by atoms with Gasteiger partial charge in [-0.25, -0.2) is 9.97 Å². The molecule has 0 unspecified atom stereocenters. The minimum atomic E-state index is 0.561.